The molecule has 0 saturated carbocycles. The number of carbonyl (C=O) groups is 3. The molecule has 0 radical (unpaired) electrons. The van der Waals surface area contributed by atoms with E-state index in [0.717, 1.165) is 5.56 Å². The Morgan fingerprint density at radius 2 is 1.67 bits per heavy atom. The van der Waals surface area contributed by atoms with Crippen LogP contribution in [0.2, 0.25) is 0 Å². The van der Waals surface area contributed by atoms with Crippen molar-refractivity contribution in [1.29, 1.82) is 0 Å². The highest BCUT2D eigenvalue weighted by atomic mass is 19.1. The molecule has 7 rings (SSSR count). The molecule has 48 heavy (non-hydrogen) atoms. The van der Waals surface area contributed by atoms with Gasteiger partial charge in [0.1, 0.15) is 18.9 Å². The maximum Gasteiger partial charge on any atom is 0.414 e. The average molecular weight is 663 g/mol. The van der Waals surface area contributed by atoms with Crippen LogP contribution in [0.15, 0.2) is 48.7 Å². The number of ether oxygens (including phenoxy) is 3. The summed E-state index contributed by atoms with van der Waals surface area (Å²) < 4.78 is 35.0. The fraction of sp³-hybridized carbons (Fsp3) is 0.500. The van der Waals surface area contributed by atoms with Crippen molar-refractivity contribution >= 4 is 35.2 Å². The van der Waals surface area contributed by atoms with Gasteiger partial charge in [0, 0.05) is 54.5 Å². The minimum atomic E-state index is -1.70. The fourth-order valence-electron chi connectivity index (χ4n) is 7.79. The third-order valence-corrected chi connectivity index (χ3v) is 9.96. The number of nitrogens with zero attached hydrogens (tertiary/aromatic N) is 6. The van der Waals surface area contributed by atoms with E-state index in [-0.39, 0.29) is 25.7 Å². The van der Waals surface area contributed by atoms with E-state index in [1.807, 2.05) is 43.3 Å². The number of cyclic esters (lactones) is 2. The first kappa shape index (κ1) is 32.0. The molecule has 0 bridgehead atoms. The lowest BCUT2D eigenvalue weighted by atomic mass is 9.71. The number of aromatic nitrogens is 3. The molecule has 5 heterocycles. The van der Waals surface area contributed by atoms with Crippen molar-refractivity contribution in [2.75, 3.05) is 47.6 Å². The van der Waals surface area contributed by atoms with Crippen molar-refractivity contribution < 1.29 is 38.1 Å². The first-order valence-corrected chi connectivity index (χ1v) is 16.3. The second kappa shape index (κ2) is 12.2. The topological polar surface area (TPSA) is 140 Å². The predicted octanol–water partition coefficient (Wildman–Crippen LogP) is 3.96. The van der Waals surface area contributed by atoms with Crippen LogP contribution in [-0.2, 0) is 44.1 Å². The predicted molar refractivity (Wildman–Crippen MR) is 171 cm³/mol. The van der Waals surface area contributed by atoms with Crippen LogP contribution in [0.25, 0.3) is 0 Å². The summed E-state index contributed by atoms with van der Waals surface area (Å²) in [4.78, 5) is 44.2. The molecule has 3 fully saturated rings. The number of aliphatic hydroxyl groups excluding tert-OH is 1. The average Bonchev–Trinajstić information content (AvgIpc) is 3.88. The van der Waals surface area contributed by atoms with Gasteiger partial charge in [0.05, 0.1) is 37.1 Å². The summed E-state index contributed by atoms with van der Waals surface area (Å²) in [5, 5.41) is 17.5. The van der Waals surface area contributed by atoms with E-state index in [0.29, 0.717) is 67.4 Å². The van der Waals surface area contributed by atoms with Gasteiger partial charge in [0.25, 0.3) is 5.91 Å². The smallest absolute Gasteiger partial charge is 0.414 e. The second-order valence-electron chi connectivity index (χ2n) is 13.3. The van der Waals surface area contributed by atoms with Crippen LogP contribution in [0.4, 0.5) is 31.0 Å². The SMILES string of the molecule is C[C@H]1[C@H](C(C)(C)F)[C@@H](CCn2cc(CCO)nn2)O[C@]12C(=O)N(Cc1ccc(N3CCOC3=O)cc1)c1ccc(N3CCOC3=O)cc12. The number of alkyl halides is 1. The Bertz CT molecular complexity index is 1730. The Morgan fingerprint density at radius 1 is 1.00 bits per heavy atom. The van der Waals surface area contributed by atoms with Crippen molar-refractivity contribution in [3.63, 3.8) is 0 Å². The molecule has 0 unspecified atom stereocenters. The molecular weight excluding hydrogens is 623 g/mol. The van der Waals surface area contributed by atoms with Gasteiger partial charge in [0.15, 0.2) is 5.60 Å². The van der Waals surface area contributed by atoms with Crippen molar-refractivity contribution in [1.82, 2.24) is 15.0 Å². The number of halogens is 1. The quantitative estimate of drug-likeness (QED) is 0.342. The number of benzene rings is 2. The lowest BCUT2D eigenvalue weighted by Gasteiger charge is -2.32. The lowest BCUT2D eigenvalue weighted by Crippen LogP contribution is -2.45. The molecular formula is C34H39FN6O7. The van der Waals surface area contributed by atoms with Gasteiger partial charge >= 0.3 is 12.2 Å². The number of aryl methyl sites for hydroxylation is 1. The van der Waals surface area contributed by atoms with Gasteiger partial charge < -0.3 is 24.2 Å². The Labute approximate surface area is 277 Å². The summed E-state index contributed by atoms with van der Waals surface area (Å²) in [6, 6.07) is 12.8. The van der Waals surface area contributed by atoms with Crippen LogP contribution in [-0.4, -0.2) is 82.9 Å². The van der Waals surface area contributed by atoms with Gasteiger partial charge in [-0.3, -0.25) is 19.3 Å². The summed E-state index contributed by atoms with van der Waals surface area (Å²) in [7, 11) is 0. The zero-order valence-electron chi connectivity index (χ0n) is 27.2. The number of amides is 3. The monoisotopic (exact) mass is 662 g/mol. The van der Waals surface area contributed by atoms with E-state index in [4.69, 9.17) is 14.2 Å². The number of hydrogen-bond donors (Lipinski definition) is 1. The summed E-state index contributed by atoms with van der Waals surface area (Å²) >= 11 is 0. The van der Waals surface area contributed by atoms with Crippen LogP contribution in [0, 0.1) is 11.8 Å². The fourth-order valence-corrected chi connectivity index (χ4v) is 7.79. The van der Waals surface area contributed by atoms with Gasteiger partial charge in [-0.25, -0.2) is 14.0 Å². The van der Waals surface area contributed by atoms with Gasteiger partial charge in [-0.05, 0) is 56.2 Å². The minimum Gasteiger partial charge on any atom is -0.447 e. The lowest BCUT2D eigenvalue weighted by molar-refractivity contribution is -0.146. The summed E-state index contributed by atoms with van der Waals surface area (Å²) in [6.45, 7) is 6.87. The minimum absolute atomic E-state index is 0.0467. The number of fused-ring (bicyclic) bond motifs is 2. The molecule has 3 saturated heterocycles. The van der Waals surface area contributed by atoms with Crippen LogP contribution in [0.1, 0.15) is 44.0 Å². The van der Waals surface area contributed by atoms with Gasteiger partial charge in [-0.1, -0.05) is 24.3 Å². The van der Waals surface area contributed by atoms with Crippen molar-refractivity contribution in [2.24, 2.45) is 11.8 Å². The summed E-state index contributed by atoms with van der Waals surface area (Å²) in [5.41, 5.74) is 0.728. The highest BCUT2D eigenvalue weighted by Crippen LogP contribution is 2.59. The molecule has 3 amide bonds. The van der Waals surface area contributed by atoms with E-state index >= 15 is 4.39 Å². The molecule has 254 valence electrons. The molecule has 2 aromatic carbocycles. The van der Waals surface area contributed by atoms with Crippen LogP contribution in [0.5, 0.6) is 0 Å². The summed E-state index contributed by atoms with van der Waals surface area (Å²) in [5.74, 6) is -1.54. The molecule has 13 nitrogen and oxygen atoms in total. The van der Waals surface area contributed by atoms with E-state index in [1.165, 1.54) is 18.7 Å². The maximum atomic E-state index is 16.2. The molecule has 4 aliphatic heterocycles. The second-order valence-corrected chi connectivity index (χ2v) is 13.3. The first-order chi connectivity index (χ1) is 23.0. The molecule has 0 aliphatic carbocycles. The van der Waals surface area contributed by atoms with E-state index in [2.05, 4.69) is 10.3 Å². The normalized spacial score (nSPS) is 25.4. The molecule has 1 N–H and O–H groups in total. The van der Waals surface area contributed by atoms with Gasteiger partial charge in [-0.15, -0.1) is 5.10 Å². The van der Waals surface area contributed by atoms with Crippen molar-refractivity contribution in [3.8, 4) is 0 Å². The van der Waals surface area contributed by atoms with E-state index in [9.17, 15) is 19.5 Å². The van der Waals surface area contributed by atoms with Crippen LogP contribution in [0.3, 0.4) is 0 Å². The van der Waals surface area contributed by atoms with Gasteiger partial charge in [-0.2, -0.15) is 0 Å². The molecule has 4 atom stereocenters. The number of hydrogen-bond acceptors (Lipinski definition) is 9. The first-order valence-electron chi connectivity index (χ1n) is 16.3. The standard InChI is InChI=1S/C34H39FN6O7/c1-21-29(33(2,3)35)28(10-12-38-20-23(11-15-42)36-37-38)48-34(21)26-18-25(40-14-17-47-32(40)45)8-9-27(26)41(30(34)43)19-22-4-6-24(7-5-22)39-13-16-46-31(39)44/h4-9,18,20-21,28-29,42H,10-17,19H2,1-3H3/t21-,28+,29-,34+/m0/s1. The Hall–Kier alpha value is -4.56. The Balaban J connectivity index is 1.24. The largest absolute Gasteiger partial charge is 0.447 e. The molecule has 1 aromatic heterocycles. The molecule has 1 spiro atoms. The molecule has 14 heteroatoms. The van der Waals surface area contributed by atoms with Crippen molar-refractivity contribution in [3.05, 3.63) is 65.5 Å². The van der Waals surface area contributed by atoms with Gasteiger partial charge in [0.2, 0.25) is 0 Å². The highest BCUT2D eigenvalue weighted by molar-refractivity contribution is 6.08. The van der Waals surface area contributed by atoms with Crippen LogP contribution < -0.4 is 14.7 Å². The Kier molecular flexibility index (Phi) is 8.10. The highest BCUT2D eigenvalue weighted by Gasteiger charge is 2.66. The zero-order valence-corrected chi connectivity index (χ0v) is 27.2. The number of rotatable bonds is 10. The zero-order chi connectivity index (χ0) is 33.8. The number of carbonyl (C=O) groups excluding carboxylic acids is 3. The Morgan fingerprint density at radius 3 is 2.29 bits per heavy atom. The summed E-state index contributed by atoms with van der Waals surface area (Å²) in [6.07, 6.45) is 0.975. The van der Waals surface area contributed by atoms with E-state index in [1.54, 1.807) is 26.7 Å². The van der Waals surface area contributed by atoms with Crippen LogP contribution >= 0.6 is 0 Å². The van der Waals surface area contributed by atoms with E-state index < -0.39 is 41.4 Å². The number of anilines is 3. The molecule has 4 aliphatic rings. The van der Waals surface area contributed by atoms with Crippen molar-refractivity contribution in [2.45, 2.75) is 64.1 Å². The third kappa shape index (κ3) is 5.36. The number of aliphatic hydroxyl groups is 1. The maximum absolute atomic E-state index is 16.2. The molecule has 3 aromatic rings. The third-order valence-electron chi connectivity index (χ3n) is 9.96.